The molecule has 0 atom stereocenters. The predicted octanol–water partition coefficient (Wildman–Crippen LogP) is 0.933. The molecule has 98 valence electrons. The topological polar surface area (TPSA) is 95.5 Å². The average molecular weight is 274 g/mol. The molecule has 6 nitrogen and oxygen atoms in total. The van der Waals surface area contributed by atoms with E-state index in [1.54, 1.807) is 0 Å². The Morgan fingerprint density at radius 1 is 1.39 bits per heavy atom. The number of anilines is 1. The van der Waals surface area contributed by atoms with Gasteiger partial charge in [0.1, 0.15) is 5.82 Å². The van der Waals surface area contributed by atoms with Gasteiger partial charge in [0.25, 0.3) is 10.2 Å². The highest BCUT2D eigenvalue weighted by molar-refractivity contribution is 7.90. The number of aromatic carboxylic acids is 1. The Bertz CT molecular complexity index is 584. The fourth-order valence-electron chi connectivity index (χ4n) is 1.36. The second-order valence-corrected chi connectivity index (χ2v) is 5.44. The van der Waals surface area contributed by atoms with Gasteiger partial charge in [0.05, 0.1) is 11.3 Å². The van der Waals surface area contributed by atoms with Gasteiger partial charge in [-0.25, -0.2) is 9.18 Å². The van der Waals surface area contributed by atoms with Crippen LogP contribution in [-0.2, 0) is 10.2 Å². The van der Waals surface area contributed by atoms with Crippen LogP contribution in [0.4, 0.5) is 10.1 Å². The van der Waals surface area contributed by atoms with E-state index in [-0.39, 0.29) is 11.7 Å². The minimum absolute atomic E-state index is 0.0225. The Morgan fingerprint density at radius 3 is 2.56 bits per heavy atom. The lowest BCUT2D eigenvalue weighted by atomic mass is 10.2. The highest BCUT2D eigenvalue weighted by atomic mass is 32.2. The van der Waals surface area contributed by atoms with Crippen molar-refractivity contribution >= 4 is 21.9 Å². The Balaban J connectivity index is 2.14. The van der Waals surface area contributed by atoms with Gasteiger partial charge in [-0.3, -0.25) is 4.72 Å². The third-order valence-electron chi connectivity index (χ3n) is 2.35. The molecule has 1 aromatic rings. The molecule has 0 aromatic heterocycles. The maximum absolute atomic E-state index is 13.3. The highest BCUT2D eigenvalue weighted by Crippen LogP contribution is 2.21. The van der Waals surface area contributed by atoms with Crippen LogP contribution in [0.2, 0.25) is 0 Å². The molecule has 8 heteroatoms. The van der Waals surface area contributed by atoms with E-state index >= 15 is 0 Å². The van der Waals surface area contributed by atoms with Crippen LogP contribution >= 0.6 is 0 Å². The number of hydrogen-bond donors (Lipinski definition) is 3. The molecule has 3 N–H and O–H groups in total. The number of benzene rings is 1. The maximum atomic E-state index is 13.3. The van der Waals surface area contributed by atoms with Crippen molar-refractivity contribution in [2.45, 2.75) is 18.9 Å². The first kappa shape index (κ1) is 12.8. The van der Waals surface area contributed by atoms with E-state index in [0.29, 0.717) is 0 Å². The molecular formula is C10H11FN2O4S. The lowest BCUT2D eigenvalue weighted by molar-refractivity contribution is 0.0692. The van der Waals surface area contributed by atoms with E-state index in [9.17, 15) is 17.6 Å². The van der Waals surface area contributed by atoms with E-state index in [2.05, 4.69) is 9.44 Å². The van der Waals surface area contributed by atoms with Gasteiger partial charge in [-0.1, -0.05) is 0 Å². The fourth-order valence-corrected chi connectivity index (χ4v) is 2.53. The first-order chi connectivity index (χ1) is 8.37. The summed E-state index contributed by atoms with van der Waals surface area (Å²) in [6, 6.07) is 2.96. The second kappa shape index (κ2) is 4.54. The summed E-state index contributed by atoms with van der Waals surface area (Å²) in [6.07, 6.45) is 1.57. The van der Waals surface area contributed by atoms with Gasteiger partial charge < -0.3 is 5.11 Å². The molecule has 0 unspecified atom stereocenters. The van der Waals surface area contributed by atoms with Gasteiger partial charge in [-0.15, -0.1) is 0 Å². The summed E-state index contributed by atoms with van der Waals surface area (Å²) in [6.45, 7) is 0. The molecule has 1 aromatic carbocycles. The molecular weight excluding hydrogens is 263 g/mol. The SMILES string of the molecule is O=C(O)c1ccc(NS(=O)(=O)NC2CC2)cc1F. The molecule has 0 bridgehead atoms. The van der Waals surface area contributed by atoms with Crippen LogP contribution in [0.1, 0.15) is 23.2 Å². The molecule has 18 heavy (non-hydrogen) atoms. The normalized spacial score (nSPS) is 15.4. The summed E-state index contributed by atoms with van der Waals surface area (Å²) in [5, 5.41) is 8.63. The molecule has 1 saturated carbocycles. The van der Waals surface area contributed by atoms with Gasteiger partial charge in [-0.05, 0) is 31.0 Å². The minimum atomic E-state index is -3.74. The summed E-state index contributed by atoms with van der Waals surface area (Å²) in [4.78, 5) is 10.6. The Hall–Kier alpha value is -1.67. The molecule has 1 fully saturated rings. The van der Waals surface area contributed by atoms with Crippen molar-refractivity contribution < 1.29 is 22.7 Å². The summed E-state index contributed by atoms with van der Waals surface area (Å²) in [7, 11) is -3.74. The zero-order valence-corrected chi connectivity index (χ0v) is 10.00. The van der Waals surface area contributed by atoms with Crippen molar-refractivity contribution in [2.75, 3.05) is 4.72 Å². The smallest absolute Gasteiger partial charge is 0.338 e. The number of hydrogen-bond acceptors (Lipinski definition) is 3. The number of carboxylic acids is 1. The fraction of sp³-hybridized carbons (Fsp3) is 0.300. The zero-order chi connectivity index (χ0) is 13.3. The largest absolute Gasteiger partial charge is 0.478 e. The van der Waals surface area contributed by atoms with E-state index in [1.807, 2.05) is 0 Å². The monoisotopic (exact) mass is 274 g/mol. The van der Waals surface area contributed by atoms with Crippen LogP contribution in [0.3, 0.4) is 0 Å². The van der Waals surface area contributed by atoms with Crippen LogP contribution in [0, 0.1) is 5.82 Å². The molecule has 0 aliphatic heterocycles. The lowest BCUT2D eigenvalue weighted by Crippen LogP contribution is -2.31. The van der Waals surface area contributed by atoms with Crippen molar-refractivity contribution in [3.05, 3.63) is 29.6 Å². The molecule has 0 radical (unpaired) electrons. The van der Waals surface area contributed by atoms with Gasteiger partial charge in [-0.2, -0.15) is 13.1 Å². The first-order valence-electron chi connectivity index (χ1n) is 5.20. The third kappa shape index (κ3) is 3.17. The van der Waals surface area contributed by atoms with Crippen LogP contribution in [0.25, 0.3) is 0 Å². The summed E-state index contributed by atoms with van der Waals surface area (Å²) in [5.41, 5.74) is -0.529. The van der Waals surface area contributed by atoms with Gasteiger partial charge in [0.2, 0.25) is 0 Å². The summed E-state index contributed by atoms with van der Waals surface area (Å²) in [5.74, 6) is -2.40. The van der Waals surface area contributed by atoms with Gasteiger partial charge >= 0.3 is 5.97 Å². The highest BCUT2D eigenvalue weighted by Gasteiger charge is 2.27. The number of nitrogens with one attached hydrogen (secondary N) is 2. The standard InChI is InChI=1S/C10H11FN2O4S/c11-9-5-7(3-4-8(9)10(14)15)13-18(16,17)12-6-1-2-6/h3-6,12-13H,1-2H2,(H,14,15). The molecule has 0 saturated heterocycles. The first-order valence-corrected chi connectivity index (χ1v) is 6.68. The van der Waals surface area contributed by atoms with E-state index in [1.165, 1.54) is 6.07 Å². The number of carbonyl (C=O) groups is 1. The van der Waals surface area contributed by atoms with E-state index < -0.39 is 27.6 Å². The maximum Gasteiger partial charge on any atom is 0.338 e. The third-order valence-corrected chi connectivity index (χ3v) is 3.50. The molecule has 0 heterocycles. The van der Waals surface area contributed by atoms with Crippen LogP contribution in [0.15, 0.2) is 18.2 Å². The lowest BCUT2D eigenvalue weighted by Gasteiger charge is -2.09. The van der Waals surface area contributed by atoms with Crippen LogP contribution in [0.5, 0.6) is 0 Å². The van der Waals surface area contributed by atoms with Crippen molar-refractivity contribution in [3.8, 4) is 0 Å². The molecule has 0 amide bonds. The Labute approximate surface area is 103 Å². The van der Waals surface area contributed by atoms with Crippen molar-refractivity contribution in [2.24, 2.45) is 0 Å². The molecule has 1 aliphatic rings. The zero-order valence-electron chi connectivity index (χ0n) is 9.18. The average Bonchev–Trinajstić information content (AvgIpc) is 2.99. The Morgan fingerprint density at radius 2 is 2.06 bits per heavy atom. The predicted molar refractivity (Wildman–Crippen MR) is 62.1 cm³/mol. The summed E-state index contributed by atoms with van der Waals surface area (Å²) < 4.78 is 40.8. The Kier molecular flexibility index (Phi) is 3.22. The van der Waals surface area contributed by atoms with Gasteiger partial charge in [0.15, 0.2) is 0 Å². The quantitative estimate of drug-likeness (QED) is 0.744. The van der Waals surface area contributed by atoms with Crippen LogP contribution in [-0.4, -0.2) is 25.5 Å². The van der Waals surface area contributed by atoms with Crippen molar-refractivity contribution in [1.29, 1.82) is 0 Å². The second-order valence-electron chi connectivity index (χ2n) is 4.00. The van der Waals surface area contributed by atoms with Crippen molar-refractivity contribution in [1.82, 2.24) is 4.72 Å². The van der Waals surface area contributed by atoms with E-state index in [0.717, 1.165) is 25.0 Å². The van der Waals surface area contributed by atoms with E-state index in [4.69, 9.17) is 5.11 Å². The number of rotatable bonds is 5. The molecule has 1 aliphatic carbocycles. The molecule has 2 rings (SSSR count). The van der Waals surface area contributed by atoms with Gasteiger partial charge in [0, 0.05) is 6.04 Å². The van der Waals surface area contributed by atoms with Crippen LogP contribution < -0.4 is 9.44 Å². The van der Waals surface area contributed by atoms with Crippen molar-refractivity contribution in [3.63, 3.8) is 0 Å². The minimum Gasteiger partial charge on any atom is -0.478 e. The molecule has 0 spiro atoms. The summed E-state index contributed by atoms with van der Waals surface area (Å²) >= 11 is 0. The number of halogens is 1. The number of carboxylic acid groups (broad SMARTS) is 1.